The molecular formula is C14H20N2O5. The number of carboxylic acid groups (broad SMARTS) is 1. The number of amides is 2. The predicted octanol–water partition coefficient (Wildman–Crippen LogP) is 1.70. The molecule has 3 N–H and O–H groups in total. The van der Waals surface area contributed by atoms with Crippen molar-refractivity contribution in [1.82, 2.24) is 5.32 Å². The summed E-state index contributed by atoms with van der Waals surface area (Å²) in [6.07, 6.45) is 0.735. The van der Waals surface area contributed by atoms with Gasteiger partial charge in [0.05, 0.1) is 18.3 Å². The van der Waals surface area contributed by atoms with Gasteiger partial charge in [0.1, 0.15) is 5.75 Å². The van der Waals surface area contributed by atoms with E-state index >= 15 is 0 Å². The fourth-order valence-corrected chi connectivity index (χ4v) is 1.64. The van der Waals surface area contributed by atoms with E-state index in [9.17, 15) is 9.59 Å². The number of rotatable bonds is 8. The summed E-state index contributed by atoms with van der Waals surface area (Å²) in [4.78, 5) is 22.4. The molecule has 1 atom stereocenters. The first-order valence-electron chi connectivity index (χ1n) is 6.56. The molecule has 1 unspecified atom stereocenters. The third-order valence-electron chi connectivity index (χ3n) is 2.68. The summed E-state index contributed by atoms with van der Waals surface area (Å²) in [6.45, 7) is 1.89. The number of methoxy groups -OCH3 is 1. The van der Waals surface area contributed by atoms with Crippen molar-refractivity contribution in [3.05, 3.63) is 24.3 Å². The first-order chi connectivity index (χ1) is 10.1. The maximum Gasteiger partial charge on any atom is 0.341 e. The third kappa shape index (κ3) is 6.13. The van der Waals surface area contributed by atoms with Gasteiger partial charge in [0.25, 0.3) is 0 Å². The standard InChI is InChI=1S/C14H20N2O5/c1-3-10(8-20-2)15-14(19)16-11-6-4-5-7-12(11)21-9-13(17)18/h4-7,10H,3,8-9H2,1-2H3,(H,17,18)(H2,15,16,19). The van der Waals surface area contributed by atoms with Gasteiger partial charge in [-0.05, 0) is 18.6 Å². The average molecular weight is 296 g/mol. The molecule has 0 radical (unpaired) electrons. The number of aliphatic carboxylic acids is 1. The van der Waals surface area contributed by atoms with Gasteiger partial charge in [0.15, 0.2) is 6.61 Å². The lowest BCUT2D eigenvalue weighted by Gasteiger charge is -2.17. The molecule has 2 amide bonds. The number of hydrogen-bond donors (Lipinski definition) is 3. The molecule has 7 nitrogen and oxygen atoms in total. The van der Waals surface area contributed by atoms with Crippen molar-refractivity contribution in [2.24, 2.45) is 0 Å². The van der Waals surface area contributed by atoms with Crippen LogP contribution >= 0.6 is 0 Å². The van der Waals surface area contributed by atoms with E-state index in [1.54, 1.807) is 31.4 Å². The fourth-order valence-electron chi connectivity index (χ4n) is 1.64. The average Bonchev–Trinajstić information content (AvgIpc) is 2.45. The molecule has 21 heavy (non-hydrogen) atoms. The summed E-state index contributed by atoms with van der Waals surface area (Å²) >= 11 is 0. The molecule has 1 aromatic carbocycles. The number of urea groups is 1. The van der Waals surface area contributed by atoms with Crippen molar-refractivity contribution in [3.8, 4) is 5.75 Å². The molecule has 0 aliphatic rings. The predicted molar refractivity (Wildman–Crippen MR) is 77.7 cm³/mol. The van der Waals surface area contributed by atoms with Crippen molar-refractivity contribution in [2.45, 2.75) is 19.4 Å². The Kier molecular flexibility index (Phi) is 7.03. The summed E-state index contributed by atoms with van der Waals surface area (Å²) in [5.74, 6) is -0.782. The number of benzene rings is 1. The van der Waals surface area contributed by atoms with Crippen LogP contribution in [0.2, 0.25) is 0 Å². The number of carboxylic acids is 1. The second kappa shape index (κ2) is 8.80. The van der Waals surface area contributed by atoms with Crippen molar-refractivity contribution < 1.29 is 24.2 Å². The van der Waals surface area contributed by atoms with Gasteiger partial charge in [-0.3, -0.25) is 0 Å². The zero-order chi connectivity index (χ0) is 15.7. The van der Waals surface area contributed by atoms with E-state index in [-0.39, 0.29) is 6.04 Å². The van der Waals surface area contributed by atoms with Crippen LogP contribution < -0.4 is 15.4 Å². The maximum atomic E-state index is 11.9. The van der Waals surface area contributed by atoms with Crippen LogP contribution in [-0.4, -0.2) is 43.5 Å². The lowest BCUT2D eigenvalue weighted by molar-refractivity contribution is -0.139. The molecule has 0 aliphatic carbocycles. The van der Waals surface area contributed by atoms with E-state index in [4.69, 9.17) is 14.6 Å². The second-order valence-corrected chi connectivity index (χ2v) is 4.34. The lowest BCUT2D eigenvalue weighted by atomic mass is 10.2. The zero-order valence-electron chi connectivity index (χ0n) is 12.1. The molecular weight excluding hydrogens is 276 g/mol. The minimum absolute atomic E-state index is 0.0953. The van der Waals surface area contributed by atoms with Gasteiger partial charge in [0, 0.05) is 7.11 Å². The SMILES string of the molecule is CCC(COC)NC(=O)Nc1ccccc1OCC(=O)O. The Balaban J connectivity index is 2.64. The Morgan fingerprint density at radius 1 is 1.33 bits per heavy atom. The van der Waals surface area contributed by atoms with Gasteiger partial charge in [-0.1, -0.05) is 19.1 Å². The topological polar surface area (TPSA) is 96.9 Å². The Bertz CT molecular complexity index is 478. The van der Waals surface area contributed by atoms with E-state index in [1.165, 1.54) is 0 Å². The van der Waals surface area contributed by atoms with Crippen LogP contribution in [0.4, 0.5) is 10.5 Å². The largest absolute Gasteiger partial charge is 0.480 e. The van der Waals surface area contributed by atoms with Crippen LogP contribution in [0, 0.1) is 0 Å². The van der Waals surface area contributed by atoms with Crippen LogP contribution in [0.15, 0.2) is 24.3 Å². The number of carbonyl (C=O) groups excluding carboxylic acids is 1. The molecule has 0 saturated carbocycles. The van der Waals surface area contributed by atoms with E-state index in [2.05, 4.69) is 10.6 Å². The summed E-state index contributed by atoms with van der Waals surface area (Å²) in [7, 11) is 1.57. The molecule has 7 heteroatoms. The van der Waals surface area contributed by atoms with E-state index in [0.717, 1.165) is 6.42 Å². The highest BCUT2D eigenvalue weighted by Crippen LogP contribution is 2.23. The van der Waals surface area contributed by atoms with Crippen LogP contribution in [0.5, 0.6) is 5.75 Å². The number of carbonyl (C=O) groups is 2. The fraction of sp³-hybridized carbons (Fsp3) is 0.429. The Morgan fingerprint density at radius 2 is 2.05 bits per heavy atom. The van der Waals surface area contributed by atoms with Gasteiger partial charge < -0.3 is 25.2 Å². The molecule has 0 bridgehead atoms. The van der Waals surface area contributed by atoms with Gasteiger partial charge >= 0.3 is 12.0 Å². The molecule has 1 aromatic rings. The molecule has 0 fully saturated rings. The number of hydrogen-bond acceptors (Lipinski definition) is 4. The molecule has 116 valence electrons. The summed E-state index contributed by atoms with van der Waals surface area (Å²) < 4.78 is 10.1. The van der Waals surface area contributed by atoms with Crippen LogP contribution in [0.25, 0.3) is 0 Å². The van der Waals surface area contributed by atoms with Gasteiger partial charge in [-0.2, -0.15) is 0 Å². The van der Waals surface area contributed by atoms with Crippen molar-refractivity contribution in [3.63, 3.8) is 0 Å². The highest BCUT2D eigenvalue weighted by molar-refractivity contribution is 5.91. The number of nitrogens with one attached hydrogen (secondary N) is 2. The molecule has 0 aromatic heterocycles. The quantitative estimate of drug-likeness (QED) is 0.678. The van der Waals surface area contributed by atoms with Crippen molar-refractivity contribution in [1.29, 1.82) is 0 Å². The van der Waals surface area contributed by atoms with E-state index < -0.39 is 18.6 Å². The van der Waals surface area contributed by atoms with Gasteiger partial charge in [-0.25, -0.2) is 9.59 Å². The summed E-state index contributed by atoms with van der Waals surface area (Å²) in [5.41, 5.74) is 0.406. The monoisotopic (exact) mass is 296 g/mol. The van der Waals surface area contributed by atoms with E-state index in [0.29, 0.717) is 18.0 Å². The Labute approximate surface area is 123 Å². The Morgan fingerprint density at radius 3 is 2.67 bits per heavy atom. The number of ether oxygens (including phenoxy) is 2. The minimum atomic E-state index is -1.08. The lowest BCUT2D eigenvalue weighted by Crippen LogP contribution is -2.40. The van der Waals surface area contributed by atoms with Crippen LogP contribution in [0.3, 0.4) is 0 Å². The first kappa shape index (κ1) is 16.8. The smallest absolute Gasteiger partial charge is 0.341 e. The molecule has 1 rings (SSSR count). The minimum Gasteiger partial charge on any atom is -0.480 e. The normalized spacial score (nSPS) is 11.5. The Hall–Kier alpha value is -2.28. The molecule has 0 heterocycles. The zero-order valence-corrected chi connectivity index (χ0v) is 12.1. The molecule has 0 spiro atoms. The highest BCUT2D eigenvalue weighted by atomic mass is 16.5. The van der Waals surface area contributed by atoms with Crippen LogP contribution in [-0.2, 0) is 9.53 Å². The van der Waals surface area contributed by atoms with Gasteiger partial charge in [0.2, 0.25) is 0 Å². The summed E-state index contributed by atoms with van der Waals surface area (Å²) in [5, 5.41) is 14.0. The van der Waals surface area contributed by atoms with Crippen molar-refractivity contribution in [2.75, 3.05) is 25.6 Å². The van der Waals surface area contributed by atoms with Gasteiger partial charge in [-0.15, -0.1) is 0 Å². The molecule has 0 saturated heterocycles. The first-order valence-corrected chi connectivity index (χ1v) is 6.56. The van der Waals surface area contributed by atoms with Crippen LogP contribution in [0.1, 0.15) is 13.3 Å². The van der Waals surface area contributed by atoms with E-state index in [1.807, 2.05) is 6.92 Å². The number of para-hydroxylation sites is 2. The second-order valence-electron chi connectivity index (χ2n) is 4.34. The highest BCUT2D eigenvalue weighted by Gasteiger charge is 2.12. The third-order valence-corrected chi connectivity index (χ3v) is 2.68. The number of anilines is 1. The van der Waals surface area contributed by atoms with Crippen molar-refractivity contribution >= 4 is 17.7 Å². The maximum absolute atomic E-state index is 11.9. The molecule has 0 aliphatic heterocycles. The summed E-state index contributed by atoms with van der Waals surface area (Å²) in [6, 6.07) is 6.14.